The molecule has 0 aliphatic rings. The number of benzene rings is 1. The number of hydrogen-bond acceptors (Lipinski definition) is 1. The maximum atomic E-state index is 9.38. The molecule has 0 fully saturated rings. The molecule has 1 N–H and O–H groups in total. The molecule has 0 aromatic heterocycles. The summed E-state index contributed by atoms with van der Waals surface area (Å²) in [6.45, 7) is 4.34. The fraction of sp³-hybridized carbons (Fsp3) is 0.571. The molecule has 1 aromatic carbocycles. The van der Waals surface area contributed by atoms with Crippen molar-refractivity contribution in [1.29, 1.82) is 0 Å². The molecule has 5 heteroatoms. The number of unbranched alkanes of at least 4 members (excludes halogenated alkanes) is 2. The Morgan fingerprint density at radius 2 is 1.00 bits per heavy atom. The van der Waals surface area contributed by atoms with Crippen LogP contribution in [0.4, 0.5) is 0 Å². The summed E-state index contributed by atoms with van der Waals surface area (Å²) in [6.07, 6.45) is 6.95. The molecule has 0 aliphatic heterocycles. The quantitative estimate of drug-likeness (QED) is 0.481. The summed E-state index contributed by atoms with van der Waals surface area (Å²) < 4.78 is 0. The Balaban J connectivity index is -0.000000110. The van der Waals surface area contributed by atoms with E-state index in [0.29, 0.717) is 0 Å². The average molecular weight is 414 g/mol. The maximum Gasteiger partial charge on any atom is 0.0251 e. The van der Waals surface area contributed by atoms with Crippen molar-refractivity contribution in [3.63, 3.8) is 0 Å². The van der Waals surface area contributed by atoms with Gasteiger partial charge in [-0.1, -0.05) is 63.1 Å². The van der Waals surface area contributed by atoms with Crippen LogP contribution in [0.3, 0.4) is 0 Å². The van der Waals surface area contributed by atoms with E-state index >= 15 is 0 Å². The molecule has 1 nitrogen and oxygen atoms in total. The zero-order chi connectivity index (χ0) is 12.1. The molecule has 0 unspecified atom stereocenters. The fourth-order valence-electron chi connectivity index (χ4n) is 1.18. The first kappa shape index (κ1) is 28.0. The van der Waals surface area contributed by atoms with E-state index in [1.807, 2.05) is 36.4 Å². The second kappa shape index (κ2) is 23.9. The monoisotopic (exact) mass is 414 g/mol. The van der Waals surface area contributed by atoms with Crippen molar-refractivity contribution >= 4 is 33.0 Å². The van der Waals surface area contributed by atoms with Gasteiger partial charge in [-0.2, -0.15) is 0 Å². The molecule has 1 aromatic rings. The van der Waals surface area contributed by atoms with Crippen LogP contribution in [-0.2, 0) is 19.5 Å². The minimum Gasteiger partial charge on any atom is -0.374 e. The van der Waals surface area contributed by atoms with Crippen molar-refractivity contribution in [2.45, 2.75) is 39.5 Å². The molecule has 0 radical (unpaired) electrons. The van der Waals surface area contributed by atoms with E-state index in [0.717, 1.165) is 12.3 Å². The number of halogens is 2. The molecule has 0 atom stereocenters. The molecule has 0 bridgehead atoms. The summed E-state index contributed by atoms with van der Waals surface area (Å²) in [6, 6.07) is 12.0. The third-order valence-corrected chi connectivity index (χ3v) is 3.87. The average Bonchev–Trinajstić information content (AvgIpc) is 2.36. The van der Waals surface area contributed by atoms with Crippen LogP contribution in [0, 0.1) is 0 Å². The maximum absolute atomic E-state index is 9.38. The molecule has 0 amide bonds. The standard InChI is InChI=1S/C8H19OP.C6H6.2ClH.Ru/c1-3-5-7-10(9)8-6-4-2;1-2-4-6-5-3-1;;;/h9H,3-8H2,1-2H3;1-6H;2*1H;. The predicted molar refractivity (Wildman–Crippen MR) is 89.6 cm³/mol. The van der Waals surface area contributed by atoms with Crippen molar-refractivity contribution in [1.82, 2.24) is 0 Å². The van der Waals surface area contributed by atoms with Gasteiger partial charge in [-0.05, 0) is 25.2 Å². The first-order valence-corrected chi connectivity index (χ1v) is 7.91. The van der Waals surface area contributed by atoms with Gasteiger partial charge in [0.05, 0.1) is 0 Å². The van der Waals surface area contributed by atoms with Crippen LogP contribution in [0.1, 0.15) is 39.5 Å². The van der Waals surface area contributed by atoms with Crippen molar-refractivity contribution < 1.29 is 24.4 Å². The van der Waals surface area contributed by atoms with Crippen molar-refractivity contribution in [2.75, 3.05) is 12.3 Å². The molecule has 0 heterocycles. The Bertz CT molecular complexity index is 193. The van der Waals surface area contributed by atoms with E-state index in [9.17, 15) is 4.89 Å². The zero-order valence-corrected chi connectivity index (χ0v) is 16.0. The molecule has 0 spiro atoms. The molecular formula is C14H27Cl2OPRu. The zero-order valence-electron chi connectivity index (χ0n) is 11.8. The van der Waals surface area contributed by atoms with Crippen LogP contribution in [-0.4, -0.2) is 17.2 Å². The molecule has 0 saturated heterocycles. The summed E-state index contributed by atoms with van der Waals surface area (Å²) in [5, 5.41) is 0. The smallest absolute Gasteiger partial charge is 0.0251 e. The van der Waals surface area contributed by atoms with Gasteiger partial charge in [0.25, 0.3) is 0 Å². The van der Waals surface area contributed by atoms with E-state index in [1.54, 1.807) is 0 Å². The van der Waals surface area contributed by atoms with Gasteiger partial charge in [0.1, 0.15) is 0 Å². The van der Waals surface area contributed by atoms with Crippen molar-refractivity contribution in [2.24, 2.45) is 0 Å². The molecular weight excluding hydrogens is 387 g/mol. The Hall–Kier alpha value is 0.813. The molecule has 19 heavy (non-hydrogen) atoms. The van der Waals surface area contributed by atoms with E-state index in [2.05, 4.69) is 13.8 Å². The Morgan fingerprint density at radius 3 is 1.21 bits per heavy atom. The van der Waals surface area contributed by atoms with Crippen LogP contribution in [0.2, 0.25) is 0 Å². The van der Waals surface area contributed by atoms with Gasteiger partial charge < -0.3 is 4.89 Å². The van der Waals surface area contributed by atoms with Crippen LogP contribution in [0.5, 0.6) is 0 Å². The Morgan fingerprint density at radius 1 is 0.737 bits per heavy atom. The van der Waals surface area contributed by atoms with E-state index in [4.69, 9.17) is 0 Å². The normalized spacial score (nSPS) is 8.21. The van der Waals surface area contributed by atoms with Crippen molar-refractivity contribution in [3.05, 3.63) is 36.4 Å². The van der Waals surface area contributed by atoms with E-state index in [-0.39, 0.29) is 44.3 Å². The molecule has 0 saturated carbocycles. The van der Waals surface area contributed by atoms with E-state index < -0.39 is 8.15 Å². The summed E-state index contributed by atoms with van der Waals surface area (Å²) in [4.78, 5) is 9.38. The molecule has 1 rings (SSSR count). The van der Waals surface area contributed by atoms with Gasteiger partial charge in [0, 0.05) is 27.6 Å². The first-order chi connectivity index (χ1) is 7.81. The minimum absolute atomic E-state index is 0. The number of rotatable bonds is 6. The molecule has 116 valence electrons. The minimum atomic E-state index is -0.592. The van der Waals surface area contributed by atoms with Gasteiger partial charge in [0.15, 0.2) is 0 Å². The van der Waals surface area contributed by atoms with E-state index in [1.165, 1.54) is 25.7 Å². The van der Waals surface area contributed by atoms with Crippen LogP contribution in [0.25, 0.3) is 0 Å². The summed E-state index contributed by atoms with van der Waals surface area (Å²) in [5.41, 5.74) is 0. The third kappa shape index (κ3) is 24.2. The van der Waals surface area contributed by atoms with Gasteiger partial charge in [-0.25, -0.2) is 0 Å². The van der Waals surface area contributed by atoms with Crippen LogP contribution in [0.15, 0.2) is 36.4 Å². The van der Waals surface area contributed by atoms with Gasteiger partial charge in [0.2, 0.25) is 0 Å². The summed E-state index contributed by atoms with van der Waals surface area (Å²) >= 11 is 0. The Labute approximate surface area is 145 Å². The van der Waals surface area contributed by atoms with Gasteiger partial charge >= 0.3 is 0 Å². The van der Waals surface area contributed by atoms with Gasteiger partial charge in [-0.15, -0.1) is 24.8 Å². The molecule has 0 aliphatic carbocycles. The first-order valence-electron chi connectivity index (χ1n) is 6.25. The second-order valence-electron chi connectivity index (χ2n) is 3.82. The largest absolute Gasteiger partial charge is 0.374 e. The predicted octanol–water partition coefficient (Wildman–Crippen LogP) is 5.50. The number of hydrogen-bond donors (Lipinski definition) is 1. The van der Waals surface area contributed by atoms with Crippen LogP contribution < -0.4 is 0 Å². The SMILES string of the molecule is CCCCP(O)CCCC.Cl.Cl.[Ru].c1ccccc1. The summed E-state index contributed by atoms with van der Waals surface area (Å²) in [7, 11) is -0.592. The Kier molecular flexibility index (Phi) is 35.2. The summed E-state index contributed by atoms with van der Waals surface area (Å²) in [5.74, 6) is 0. The third-order valence-electron chi connectivity index (χ3n) is 2.21. The second-order valence-corrected chi connectivity index (χ2v) is 5.72. The fourth-order valence-corrected chi connectivity index (χ4v) is 2.76. The van der Waals surface area contributed by atoms with Gasteiger partial charge in [-0.3, -0.25) is 0 Å². The van der Waals surface area contributed by atoms with Crippen LogP contribution >= 0.6 is 33.0 Å². The van der Waals surface area contributed by atoms with Crippen molar-refractivity contribution in [3.8, 4) is 0 Å². The topological polar surface area (TPSA) is 20.2 Å².